The lowest BCUT2D eigenvalue weighted by molar-refractivity contribution is -0.152. The summed E-state index contributed by atoms with van der Waals surface area (Å²) in [7, 11) is 0. The SMILES string of the molecule is CSCCC(N)C(=O)NC(CO)C(=O)N1CCCC1C(=O)N1CCCC1C(=O)O. The largest absolute Gasteiger partial charge is 0.480 e. The summed E-state index contributed by atoms with van der Waals surface area (Å²) in [6.45, 7) is 0.0448. The van der Waals surface area contributed by atoms with Gasteiger partial charge in [0.2, 0.25) is 17.7 Å². The molecule has 0 aliphatic carbocycles. The topological polar surface area (TPSA) is 153 Å². The summed E-state index contributed by atoms with van der Waals surface area (Å²) in [5, 5.41) is 21.4. The molecule has 0 aromatic heterocycles. The Bertz CT molecular complexity index is 633. The molecule has 0 spiro atoms. The van der Waals surface area contributed by atoms with E-state index in [0.717, 1.165) is 0 Å². The second kappa shape index (κ2) is 10.8. The van der Waals surface area contributed by atoms with Gasteiger partial charge in [-0.2, -0.15) is 11.8 Å². The standard InChI is InChI=1S/C18H30N4O6S/c1-29-9-6-11(19)15(24)20-12(10-23)16(25)21-7-2-4-13(21)17(26)22-8-3-5-14(22)18(27)28/h11-14,23H,2-10,19H2,1H3,(H,20,24)(H,27,28). The zero-order valence-electron chi connectivity index (χ0n) is 16.6. The molecule has 4 atom stereocenters. The van der Waals surface area contributed by atoms with Crippen LogP contribution in [-0.4, -0.2) is 99.6 Å². The van der Waals surface area contributed by atoms with E-state index in [0.29, 0.717) is 50.9 Å². The van der Waals surface area contributed by atoms with Gasteiger partial charge in [0.1, 0.15) is 18.1 Å². The van der Waals surface area contributed by atoms with Crippen molar-refractivity contribution in [2.45, 2.75) is 56.3 Å². The summed E-state index contributed by atoms with van der Waals surface area (Å²) in [5.41, 5.74) is 5.81. The Morgan fingerprint density at radius 2 is 1.76 bits per heavy atom. The number of nitrogens with zero attached hydrogens (tertiary/aromatic N) is 2. The van der Waals surface area contributed by atoms with Crippen LogP contribution in [0.5, 0.6) is 0 Å². The molecule has 2 heterocycles. The molecule has 0 radical (unpaired) electrons. The van der Waals surface area contributed by atoms with Gasteiger partial charge in [0.05, 0.1) is 12.6 Å². The van der Waals surface area contributed by atoms with E-state index in [1.54, 1.807) is 11.8 Å². The van der Waals surface area contributed by atoms with Gasteiger partial charge in [-0.25, -0.2) is 4.79 Å². The molecule has 2 saturated heterocycles. The lowest BCUT2D eigenvalue weighted by Crippen LogP contribution is -2.57. The number of carbonyl (C=O) groups excluding carboxylic acids is 3. The van der Waals surface area contributed by atoms with Gasteiger partial charge in [0.15, 0.2) is 0 Å². The van der Waals surface area contributed by atoms with E-state index in [-0.39, 0.29) is 5.91 Å². The Labute approximate surface area is 174 Å². The first-order valence-electron chi connectivity index (χ1n) is 9.81. The molecule has 164 valence electrons. The molecule has 2 rings (SSSR count). The molecular weight excluding hydrogens is 400 g/mol. The third-order valence-corrected chi connectivity index (χ3v) is 6.05. The minimum Gasteiger partial charge on any atom is -0.480 e. The van der Waals surface area contributed by atoms with Gasteiger partial charge in [0.25, 0.3) is 0 Å². The normalized spacial score (nSPS) is 23.7. The summed E-state index contributed by atoms with van der Waals surface area (Å²) in [6.07, 6.45) is 4.34. The average Bonchev–Trinajstić information content (AvgIpc) is 3.38. The van der Waals surface area contributed by atoms with Crippen LogP contribution in [0.4, 0.5) is 0 Å². The average molecular weight is 431 g/mol. The Morgan fingerprint density at radius 3 is 2.34 bits per heavy atom. The maximum atomic E-state index is 12.9. The summed E-state index contributed by atoms with van der Waals surface area (Å²) in [6, 6.07) is -3.63. The number of carboxylic acids is 1. The van der Waals surface area contributed by atoms with E-state index in [1.807, 2.05) is 6.26 Å². The number of nitrogens with one attached hydrogen (secondary N) is 1. The fraction of sp³-hybridized carbons (Fsp3) is 0.778. The zero-order valence-corrected chi connectivity index (χ0v) is 17.4. The number of likely N-dealkylation sites (tertiary alicyclic amines) is 2. The number of rotatable bonds is 9. The van der Waals surface area contributed by atoms with Gasteiger partial charge in [-0.1, -0.05) is 0 Å². The number of aliphatic carboxylic acids is 1. The molecule has 11 heteroatoms. The summed E-state index contributed by atoms with van der Waals surface area (Å²) >= 11 is 1.55. The number of carboxylic acid groups (broad SMARTS) is 1. The third kappa shape index (κ3) is 5.61. The first kappa shape index (κ1) is 23.4. The number of hydrogen-bond donors (Lipinski definition) is 4. The van der Waals surface area contributed by atoms with Crippen molar-refractivity contribution in [1.82, 2.24) is 15.1 Å². The van der Waals surface area contributed by atoms with Crippen LogP contribution in [0.3, 0.4) is 0 Å². The fourth-order valence-corrected chi connectivity index (χ4v) is 4.30. The third-order valence-electron chi connectivity index (χ3n) is 5.41. The number of hydrogen-bond acceptors (Lipinski definition) is 7. The Balaban J connectivity index is 2.04. The van der Waals surface area contributed by atoms with Crippen molar-refractivity contribution < 1.29 is 29.4 Å². The highest BCUT2D eigenvalue weighted by molar-refractivity contribution is 7.98. The van der Waals surface area contributed by atoms with Crippen molar-refractivity contribution in [3.8, 4) is 0 Å². The van der Waals surface area contributed by atoms with Gasteiger partial charge in [-0.15, -0.1) is 0 Å². The number of amides is 3. The van der Waals surface area contributed by atoms with Crippen molar-refractivity contribution in [2.75, 3.05) is 31.7 Å². The molecule has 4 unspecified atom stereocenters. The molecule has 0 saturated carbocycles. The first-order chi connectivity index (χ1) is 13.8. The van der Waals surface area contributed by atoms with Crippen LogP contribution in [0.1, 0.15) is 32.1 Å². The highest BCUT2D eigenvalue weighted by atomic mass is 32.2. The van der Waals surface area contributed by atoms with E-state index in [2.05, 4.69) is 5.32 Å². The number of thioether (sulfide) groups is 1. The second-order valence-electron chi connectivity index (χ2n) is 7.35. The Morgan fingerprint density at radius 1 is 1.14 bits per heavy atom. The molecule has 10 nitrogen and oxygen atoms in total. The number of aliphatic hydroxyl groups is 1. The lowest BCUT2D eigenvalue weighted by atomic mass is 10.1. The van der Waals surface area contributed by atoms with Crippen molar-refractivity contribution in [2.24, 2.45) is 5.73 Å². The maximum Gasteiger partial charge on any atom is 0.326 e. The molecule has 2 fully saturated rings. The molecular formula is C18H30N4O6S. The summed E-state index contributed by atoms with van der Waals surface area (Å²) in [4.78, 5) is 52.1. The Hall–Kier alpha value is -1.85. The quantitative estimate of drug-likeness (QED) is 0.349. The minimum atomic E-state index is -1.19. The molecule has 0 bridgehead atoms. The molecule has 2 aliphatic heterocycles. The van der Waals surface area contributed by atoms with Gasteiger partial charge >= 0.3 is 5.97 Å². The zero-order chi connectivity index (χ0) is 21.6. The summed E-state index contributed by atoms with van der Waals surface area (Å²) in [5.74, 6) is -1.83. The number of nitrogens with two attached hydrogens (primary N) is 1. The lowest BCUT2D eigenvalue weighted by Gasteiger charge is -2.32. The highest BCUT2D eigenvalue weighted by Crippen LogP contribution is 2.25. The smallest absolute Gasteiger partial charge is 0.326 e. The Kier molecular flexibility index (Phi) is 8.72. The van der Waals surface area contributed by atoms with Crippen molar-refractivity contribution in [3.05, 3.63) is 0 Å². The first-order valence-corrected chi connectivity index (χ1v) is 11.2. The number of carbonyl (C=O) groups is 4. The van der Waals surface area contributed by atoms with E-state index in [9.17, 15) is 29.4 Å². The van der Waals surface area contributed by atoms with Crippen LogP contribution in [-0.2, 0) is 19.2 Å². The van der Waals surface area contributed by atoms with Crippen LogP contribution in [0.15, 0.2) is 0 Å². The van der Waals surface area contributed by atoms with Gasteiger partial charge in [0, 0.05) is 13.1 Å². The van der Waals surface area contributed by atoms with Crippen molar-refractivity contribution in [3.63, 3.8) is 0 Å². The second-order valence-corrected chi connectivity index (χ2v) is 8.33. The monoisotopic (exact) mass is 430 g/mol. The predicted molar refractivity (Wildman–Crippen MR) is 107 cm³/mol. The van der Waals surface area contributed by atoms with E-state index >= 15 is 0 Å². The van der Waals surface area contributed by atoms with Gasteiger partial charge < -0.3 is 31.1 Å². The van der Waals surface area contributed by atoms with E-state index in [1.165, 1.54) is 9.80 Å². The molecule has 5 N–H and O–H groups in total. The van der Waals surface area contributed by atoms with Crippen LogP contribution in [0.2, 0.25) is 0 Å². The van der Waals surface area contributed by atoms with Crippen LogP contribution < -0.4 is 11.1 Å². The molecule has 0 aromatic carbocycles. The van der Waals surface area contributed by atoms with E-state index < -0.39 is 48.6 Å². The van der Waals surface area contributed by atoms with Crippen molar-refractivity contribution in [1.29, 1.82) is 0 Å². The van der Waals surface area contributed by atoms with E-state index in [4.69, 9.17) is 5.73 Å². The predicted octanol–water partition coefficient (Wildman–Crippen LogP) is -1.39. The molecule has 2 aliphatic rings. The van der Waals surface area contributed by atoms with Gasteiger partial charge in [-0.05, 0) is 44.1 Å². The molecule has 29 heavy (non-hydrogen) atoms. The fourth-order valence-electron chi connectivity index (χ4n) is 3.81. The van der Waals surface area contributed by atoms with Crippen molar-refractivity contribution >= 4 is 35.5 Å². The minimum absolute atomic E-state index is 0.311. The molecule has 3 amide bonds. The highest BCUT2D eigenvalue weighted by Gasteiger charge is 2.43. The summed E-state index contributed by atoms with van der Waals surface area (Å²) < 4.78 is 0. The molecule has 0 aromatic rings. The van der Waals surface area contributed by atoms with Gasteiger partial charge in [-0.3, -0.25) is 14.4 Å². The maximum absolute atomic E-state index is 12.9. The van der Waals surface area contributed by atoms with Crippen LogP contribution in [0, 0.1) is 0 Å². The van der Waals surface area contributed by atoms with Crippen LogP contribution >= 0.6 is 11.8 Å². The van der Waals surface area contributed by atoms with Crippen LogP contribution in [0.25, 0.3) is 0 Å². The number of aliphatic hydroxyl groups excluding tert-OH is 1.